The molecule has 0 unspecified atom stereocenters. The molecule has 160 valence electrons. The van der Waals surface area contributed by atoms with Crippen molar-refractivity contribution in [3.63, 3.8) is 0 Å². The molecular formula is C23H22FN3O2S2. The summed E-state index contributed by atoms with van der Waals surface area (Å²) in [4.78, 5) is 31.3. The number of amides is 2. The zero-order valence-corrected chi connectivity index (χ0v) is 18.5. The second-order valence-electron chi connectivity index (χ2n) is 7.31. The van der Waals surface area contributed by atoms with Gasteiger partial charge >= 0.3 is 0 Å². The van der Waals surface area contributed by atoms with Crippen molar-refractivity contribution in [1.82, 2.24) is 9.80 Å². The number of thioether (sulfide) groups is 1. The summed E-state index contributed by atoms with van der Waals surface area (Å²) in [6.45, 7) is 3.10. The normalized spacial score (nSPS) is 18.2. The second kappa shape index (κ2) is 9.62. The number of rotatable bonds is 5. The van der Waals surface area contributed by atoms with Gasteiger partial charge in [0.1, 0.15) is 10.1 Å². The molecule has 0 N–H and O–H groups in total. The highest BCUT2D eigenvalue weighted by Gasteiger charge is 2.33. The molecule has 31 heavy (non-hydrogen) atoms. The second-order valence-corrected chi connectivity index (χ2v) is 8.98. The van der Waals surface area contributed by atoms with Gasteiger partial charge in [-0.3, -0.25) is 14.5 Å². The average Bonchev–Trinajstić information content (AvgIpc) is 3.06. The van der Waals surface area contributed by atoms with E-state index in [-0.39, 0.29) is 24.8 Å². The van der Waals surface area contributed by atoms with E-state index in [1.807, 2.05) is 23.1 Å². The van der Waals surface area contributed by atoms with E-state index < -0.39 is 5.82 Å². The van der Waals surface area contributed by atoms with E-state index in [0.29, 0.717) is 27.9 Å². The Morgan fingerprint density at radius 1 is 1.03 bits per heavy atom. The van der Waals surface area contributed by atoms with Crippen LogP contribution in [0.15, 0.2) is 59.5 Å². The molecule has 0 aliphatic carbocycles. The Hall–Kier alpha value is -2.71. The minimum absolute atomic E-state index is 0.0137. The van der Waals surface area contributed by atoms with Gasteiger partial charge in [0.05, 0.1) is 4.91 Å². The number of halogens is 1. The van der Waals surface area contributed by atoms with Gasteiger partial charge in [-0.25, -0.2) is 4.39 Å². The van der Waals surface area contributed by atoms with Crippen LogP contribution in [0.5, 0.6) is 0 Å². The molecule has 0 radical (unpaired) electrons. The third-order valence-corrected chi connectivity index (χ3v) is 6.75. The third kappa shape index (κ3) is 4.97. The van der Waals surface area contributed by atoms with Crippen molar-refractivity contribution in [2.24, 2.45) is 0 Å². The molecule has 0 atom stereocenters. The molecule has 2 saturated heterocycles. The number of thiocarbonyl (C=S) groups is 1. The summed E-state index contributed by atoms with van der Waals surface area (Å²) >= 11 is 6.46. The first-order chi connectivity index (χ1) is 15.0. The molecule has 4 rings (SSSR count). The number of hydrogen-bond acceptors (Lipinski definition) is 5. The van der Waals surface area contributed by atoms with E-state index in [2.05, 4.69) is 17.0 Å². The van der Waals surface area contributed by atoms with Gasteiger partial charge in [0.2, 0.25) is 5.91 Å². The Morgan fingerprint density at radius 2 is 1.71 bits per heavy atom. The summed E-state index contributed by atoms with van der Waals surface area (Å²) in [7, 11) is 0. The van der Waals surface area contributed by atoms with Crippen LogP contribution in [-0.2, 0) is 9.59 Å². The molecule has 2 aromatic carbocycles. The SMILES string of the molecule is O=C(CCN1C(=O)C(=Cc2ccccc2F)SC1=S)N1CCN(c2ccccc2)CC1. The van der Waals surface area contributed by atoms with Gasteiger partial charge in [-0.2, -0.15) is 0 Å². The zero-order chi connectivity index (χ0) is 21.8. The quantitative estimate of drug-likeness (QED) is 0.507. The summed E-state index contributed by atoms with van der Waals surface area (Å²) in [5, 5.41) is 0. The first-order valence-electron chi connectivity index (χ1n) is 10.1. The van der Waals surface area contributed by atoms with E-state index in [1.54, 1.807) is 18.2 Å². The molecule has 0 spiro atoms. The smallest absolute Gasteiger partial charge is 0.266 e. The van der Waals surface area contributed by atoms with Gasteiger partial charge in [0.15, 0.2) is 0 Å². The maximum Gasteiger partial charge on any atom is 0.266 e. The van der Waals surface area contributed by atoms with Crippen LogP contribution < -0.4 is 4.90 Å². The number of benzene rings is 2. The Labute approximate surface area is 190 Å². The van der Waals surface area contributed by atoms with E-state index in [0.717, 1.165) is 30.5 Å². The van der Waals surface area contributed by atoms with Crippen molar-refractivity contribution in [1.29, 1.82) is 0 Å². The maximum atomic E-state index is 13.9. The standard InChI is InChI=1S/C23H22FN3O2S2/c24-19-9-5-4-6-17(19)16-20-22(29)27(23(30)31-20)11-10-21(28)26-14-12-25(13-15-26)18-7-2-1-3-8-18/h1-9,16H,10-15H2. The van der Waals surface area contributed by atoms with Crippen LogP contribution in [0.2, 0.25) is 0 Å². The van der Waals surface area contributed by atoms with Gasteiger partial charge in [0.25, 0.3) is 5.91 Å². The van der Waals surface area contributed by atoms with Crippen molar-refractivity contribution in [3.05, 3.63) is 70.9 Å². The van der Waals surface area contributed by atoms with Crippen molar-refractivity contribution in [3.8, 4) is 0 Å². The minimum Gasteiger partial charge on any atom is -0.368 e. The van der Waals surface area contributed by atoms with Gasteiger partial charge in [0, 0.05) is 50.4 Å². The number of carbonyl (C=O) groups is 2. The molecule has 8 heteroatoms. The number of carbonyl (C=O) groups excluding carboxylic acids is 2. The summed E-state index contributed by atoms with van der Waals surface area (Å²) in [6.07, 6.45) is 1.73. The molecule has 2 amide bonds. The van der Waals surface area contributed by atoms with E-state index in [4.69, 9.17) is 12.2 Å². The molecule has 2 aromatic rings. The summed E-state index contributed by atoms with van der Waals surface area (Å²) in [6, 6.07) is 16.4. The van der Waals surface area contributed by atoms with Crippen molar-refractivity contribution < 1.29 is 14.0 Å². The van der Waals surface area contributed by atoms with Crippen molar-refractivity contribution in [2.45, 2.75) is 6.42 Å². The van der Waals surface area contributed by atoms with Gasteiger partial charge < -0.3 is 9.80 Å². The molecule has 0 aromatic heterocycles. The molecule has 2 aliphatic heterocycles. The predicted octanol–water partition coefficient (Wildman–Crippen LogP) is 3.77. The highest BCUT2D eigenvalue weighted by Crippen LogP contribution is 2.33. The number of piperazine rings is 1. The van der Waals surface area contributed by atoms with Gasteiger partial charge in [-0.1, -0.05) is 60.4 Å². The maximum absolute atomic E-state index is 13.9. The molecule has 0 bridgehead atoms. The molecule has 2 fully saturated rings. The monoisotopic (exact) mass is 455 g/mol. The van der Waals surface area contributed by atoms with Crippen LogP contribution in [0, 0.1) is 5.82 Å². The fraction of sp³-hybridized carbons (Fsp3) is 0.261. The minimum atomic E-state index is -0.391. The van der Waals surface area contributed by atoms with Crippen LogP contribution in [0.4, 0.5) is 10.1 Å². The summed E-state index contributed by atoms with van der Waals surface area (Å²) in [5.74, 6) is -0.655. The lowest BCUT2D eigenvalue weighted by atomic mass is 10.2. The molecular weight excluding hydrogens is 433 g/mol. The Balaban J connectivity index is 1.31. The lowest BCUT2D eigenvalue weighted by molar-refractivity contribution is -0.132. The van der Waals surface area contributed by atoms with Crippen LogP contribution >= 0.6 is 24.0 Å². The third-order valence-electron chi connectivity index (χ3n) is 5.37. The molecule has 2 heterocycles. The number of hydrogen-bond donors (Lipinski definition) is 0. The number of nitrogens with zero attached hydrogens (tertiary/aromatic N) is 3. The predicted molar refractivity (Wildman–Crippen MR) is 126 cm³/mol. The fourth-order valence-electron chi connectivity index (χ4n) is 3.64. The van der Waals surface area contributed by atoms with Crippen LogP contribution in [-0.4, -0.2) is 58.7 Å². The van der Waals surface area contributed by atoms with Gasteiger partial charge in [-0.05, 0) is 24.3 Å². The summed E-state index contributed by atoms with van der Waals surface area (Å²) in [5.41, 5.74) is 1.50. The highest BCUT2D eigenvalue weighted by atomic mass is 32.2. The fourth-order valence-corrected chi connectivity index (χ4v) is 4.94. The molecule has 5 nitrogen and oxygen atoms in total. The zero-order valence-electron chi connectivity index (χ0n) is 16.9. The lowest BCUT2D eigenvalue weighted by Crippen LogP contribution is -2.49. The average molecular weight is 456 g/mol. The first-order valence-corrected chi connectivity index (χ1v) is 11.3. The number of para-hydroxylation sites is 1. The topological polar surface area (TPSA) is 43.9 Å². The van der Waals surface area contributed by atoms with E-state index in [1.165, 1.54) is 17.0 Å². The van der Waals surface area contributed by atoms with Crippen molar-refractivity contribution in [2.75, 3.05) is 37.6 Å². The van der Waals surface area contributed by atoms with Crippen molar-refractivity contribution >= 4 is 51.9 Å². The van der Waals surface area contributed by atoms with E-state index >= 15 is 0 Å². The lowest BCUT2D eigenvalue weighted by Gasteiger charge is -2.36. The highest BCUT2D eigenvalue weighted by molar-refractivity contribution is 8.26. The Kier molecular flexibility index (Phi) is 6.67. The van der Waals surface area contributed by atoms with E-state index in [9.17, 15) is 14.0 Å². The van der Waals surface area contributed by atoms with Gasteiger partial charge in [-0.15, -0.1) is 0 Å². The summed E-state index contributed by atoms with van der Waals surface area (Å²) < 4.78 is 14.3. The first kappa shape index (κ1) is 21.5. The van der Waals surface area contributed by atoms with Crippen LogP contribution in [0.25, 0.3) is 6.08 Å². The molecule has 2 aliphatic rings. The largest absolute Gasteiger partial charge is 0.368 e. The van der Waals surface area contributed by atoms with Crippen LogP contribution in [0.1, 0.15) is 12.0 Å². The Morgan fingerprint density at radius 3 is 2.42 bits per heavy atom. The number of anilines is 1. The Bertz CT molecular complexity index is 1020. The van der Waals surface area contributed by atoms with Crippen LogP contribution in [0.3, 0.4) is 0 Å². The molecule has 0 saturated carbocycles.